The molecule has 1 saturated heterocycles. The zero-order valence-electron chi connectivity index (χ0n) is 16.6. The maximum atomic E-state index is 11.1. The lowest BCUT2D eigenvalue weighted by Crippen LogP contribution is -2.36. The fourth-order valence-corrected chi connectivity index (χ4v) is 4.81. The second-order valence-electron chi connectivity index (χ2n) is 8.19. The first-order valence-corrected chi connectivity index (χ1v) is 10.1. The van der Waals surface area contributed by atoms with Crippen molar-refractivity contribution >= 4 is 0 Å². The number of aliphatic hydroxyl groups is 1. The standard InChI is InChI=1S/C26H25NO2/c1-25-18-21(17-20-11-5-2-6-12-20)24(28)27(25)19-26(29-25,22-13-7-3-8-14-22)23-15-9-4-10-16-23/h2-16,28H,17-19H2,1H3. The van der Waals surface area contributed by atoms with E-state index in [-0.39, 0.29) is 0 Å². The predicted molar refractivity (Wildman–Crippen MR) is 114 cm³/mol. The number of ether oxygens (including phenoxy) is 1. The van der Waals surface area contributed by atoms with Crippen molar-refractivity contribution in [3.63, 3.8) is 0 Å². The maximum absolute atomic E-state index is 11.1. The number of nitrogens with zero attached hydrogens (tertiary/aromatic N) is 1. The monoisotopic (exact) mass is 383 g/mol. The molecule has 0 spiro atoms. The molecular weight excluding hydrogens is 358 g/mol. The zero-order chi connectivity index (χ0) is 19.9. The minimum atomic E-state index is -0.608. The van der Waals surface area contributed by atoms with Crippen LogP contribution in [0.25, 0.3) is 0 Å². The topological polar surface area (TPSA) is 32.7 Å². The van der Waals surface area contributed by atoms with E-state index in [0.717, 1.165) is 23.1 Å². The summed E-state index contributed by atoms with van der Waals surface area (Å²) >= 11 is 0. The van der Waals surface area contributed by atoms with Crippen molar-refractivity contribution in [2.45, 2.75) is 31.1 Å². The largest absolute Gasteiger partial charge is 0.495 e. The van der Waals surface area contributed by atoms with Crippen molar-refractivity contribution in [1.29, 1.82) is 0 Å². The Bertz CT molecular complexity index is 991. The summed E-state index contributed by atoms with van der Waals surface area (Å²) in [6, 6.07) is 31.0. The van der Waals surface area contributed by atoms with Crippen LogP contribution in [0.1, 0.15) is 30.0 Å². The molecule has 1 unspecified atom stereocenters. The number of aliphatic hydroxyl groups excluding tert-OH is 1. The molecule has 0 radical (unpaired) electrons. The van der Waals surface area contributed by atoms with Crippen LogP contribution in [-0.4, -0.2) is 22.3 Å². The third-order valence-corrected chi connectivity index (χ3v) is 6.20. The summed E-state index contributed by atoms with van der Waals surface area (Å²) in [5.41, 5.74) is 3.28. The number of rotatable bonds is 4. The summed E-state index contributed by atoms with van der Waals surface area (Å²) in [4.78, 5) is 2.05. The summed E-state index contributed by atoms with van der Waals surface area (Å²) in [7, 11) is 0. The van der Waals surface area contributed by atoms with Crippen molar-refractivity contribution < 1.29 is 9.84 Å². The Morgan fingerprint density at radius 1 is 0.828 bits per heavy atom. The van der Waals surface area contributed by atoms with Crippen molar-refractivity contribution in [2.75, 3.05) is 6.54 Å². The van der Waals surface area contributed by atoms with Gasteiger partial charge in [-0.3, -0.25) is 0 Å². The van der Waals surface area contributed by atoms with E-state index in [1.54, 1.807) is 0 Å². The van der Waals surface area contributed by atoms with Gasteiger partial charge < -0.3 is 14.7 Å². The van der Waals surface area contributed by atoms with E-state index in [2.05, 4.69) is 43.3 Å². The van der Waals surface area contributed by atoms with Gasteiger partial charge in [-0.15, -0.1) is 0 Å². The molecule has 2 aliphatic rings. The lowest BCUT2D eigenvalue weighted by atomic mass is 9.86. The molecule has 3 aromatic carbocycles. The molecular formula is C26H25NO2. The summed E-state index contributed by atoms with van der Waals surface area (Å²) in [6.07, 6.45) is 1.43. The molecule has 1 atom stereocenters. The SMILES string of the molecule is CC12CC(Cc3ccccc3)=C(O)N1CC(c1ccccc1)(c1ccccc1)O2. The Morgan fingerprint density at radius 3 is 1.86 bits per heavy atom. The average molecular weight is 383 g/mol. The second-order valence-corrected chi connectivity index (χ2v) is 8.19. The highest BCUT2D eigenvalue weighted by molar-refractivity contribution is 5.41. The van der Waals surface area contributed by atoms with E-state index in [0.29, 0.717) is 18.8 Å². The van der Waals surface area contributed by atoms with Crippen molar-refractivity contribution in [2.24, 2.45) is 0 Å². The maximum Gasteiger partial charge on any atom is 0.188 e. The molecule has 1 N–H and O–H groups in total. The van der Waals surface area contributed by atoms with E-state index in [9.17, 15) is 5.11 Å². The Balaban J connectivity index is 1.54. The van der Waals surface area contributed by atoms with E-state index >= 15 is 0 Å². The number of benzene rings is 3. The molecule has 5 rings (SSSR count). The van der Waals surface area contributed by atoms with Crippen LogP contribution in [0.2, 0.25) is 0 Å². The van der Waals surface area contributed by atoms with Gasteiger partial charge in [-0.05, 0) is 35.6 Å². The zero-order valence-corrected chi connectivity index (χ0v) is 16.6. The van der Waals surface area contributed by atoms with Gasteiger partial charge in [0.2, 0.25) is 0 Å². The highest BCUT2D eigenvalue weighted by atomic mass is 16.6. The Hall–Kier alpha value is -3.04. The van der Waals surface area contributed by atoms with Gasteiger partial charge in [-0.25, -0.2) is 0 Å². The number of hydrogen-bond acceptors (Lipinski definition) is 3. The lowest BCUT2D eigenvalue weighted by Gasteiger charge is -2.32. The quantitative estimate of drug-likeness (QED) is 0.655. The Morgan fingerprint density at radius 2 is 1.34 bits per heavy atom. The van der Waals surface area contributed by atoms with Gasteiger partial charge in [0.1, 0.15) is 11.3 Å². The first-order valence-electron chi connectivity index (χ1n) is 10.1. The van der Waals surface area contributed by atoms with Crippen molar-refractivity contribution in [3.8, 4) is 0 Å². The molecule has 0 aliphatic carbocycles. The average Bonchev–Trinajstić information content (AvgIpc) is 3.20. The predicted octanol–water partition coefficient (Wildman–Crippen LogP) is 5.39. The third-order valence-electron chi connectivity index (χ3n) is 6.20. The number of hydrogen-bond donors (Lipinski definition) is 1. The molecule has 0 aromatic heterocycles. The van der Waals surface area contributed by atoms with Gasteiger partial charge in [0.25, 0.3) is 0 Å². The van der Waals surface area contributed by atoms with E-state index in [1.165, 1.54) is 5.56 Å². The number of fused-ring (bicyclic) bond motifs is 1. The summed E-state index contributed by atoms with van der Waals surface area (Å²) in [6.45, 7) is 2.68. The van der Waals surface area contributed by atoms with Gasteiger partial charge in [-0.1, -0.05) is 91.0 Å². The molecule has 1 fully saturated rings. The van der Waals surface area contributed by atoms with Gasteiger partial charge in [0.05, 0.1) is 6.54 Å². The van der Waals surface area contributed by atoms with Crippen LogP contribution in [0.3, 0.4) is 0 Å². The Labute approximate surface area is 171 Å². The molecule has 0 amide bonds. The van der Waals surface area contributed by atoms with Crippen LogP contribution < -0.4 is 0 Å². The molecule has 2 heterocycles. The highest BCUT2D eigenvalue weighted by Crippen LogP contribution is 2.52. The van der Waals surface area contributed by atoms with Crippen molar-refractivity contribution in [1.82, 2.24) is 4.90 Å². The van der Waals surface area contributed by atoms with Crippen LogP contribution in [0, 0.1) is 0 Å². The first kappa shape index (κ1) is 18.0. The van der Waals surface area contributed by atoms with E-state index in [1.807, 2.05) is 59.5 Å². The van der Waals surface area contributed by atoms with Gasteiger partial charge >= 0.3 is 0 Å². The molecule has 29 heavy (non-hydrogen) atoms. The van der Waals surface area contributed by atoms with Gasteiger partial charge in [0, 0.05) is 6.42 Å². The van der Waals surface area contributed by atoms with Gasteiger partial charge in [-0.2, -0.15) is 0 Å². The Kier molecular flexibility index (Phi) is 4.21. The van der Waals surface area contributed by atoms with Crippen LogP contribution in [0.15, 0.2) is 102 Å². The molecule has 3 aromatic rings. The molecule has 3 heteroatoms. The minimum absolute atomic E-state index is 0.366. The fourth-order valence-electron chi connectivity index (χ4n) is 4.81. The van der Waals surface area contributed by atoms with Gasteiger partial charge in [0.15, 0.2) is 5.88 Å². The lowest BCUT2D eigenvalue weighted by molar-refractivity contribution is -0.107. The summed E-state index contributed by atoms with van der Waals surface area (Å²) < 4.78 is 6.90. The van der Waals surface area contributed by atoms with Crippen LogP contribution in [0.5, 0.6) is 0 Å². The molecule has 0 bridgehead atoms. The third kappa shape index (κ3) is 2.93. The normalized spacial score (nSPS) is 22.7. The minimum Gasteiger partial charge on any atom is -0.495 e. The van der Waals surface area contributed by atoms with Crippen LogP contribution >= 0.6 is 0 Å². The first-order chi connectivity index (χ1) is 14.1. The molecule has 146 valence electrons. The molecule has 3 nitrogen and oxygen atoms in total. The van der Waals surface area contributed by atoms with E-state index in [4.69, 9.17) is 4.74 Å². The smallest absolute Gasteiger partial charge is 0.188 e. The second kappa shape index (κ2) is 6.78. The fraction of sp³-hybridized carbons (Fsp3) is 0.231. The van der Waals surface area contributed by atoms with Crippen LogP contribution in [0.4, 0.5) is 0 Å². The van der Waals surface area contributed by atoms with Crippen molar-refractivity contribution in [3.05, 3.63) is 119 Å². The summed E-state index contributed by atoms with van der Waals surface area (Å²) in [5, 5.41) is 11.1. The van der Waals surface area contributed by atoms with E-state index < -0.39 is 11.3 Å². The molecule has 2 aliphatic heterocycles. The highest BCUT2D eigenvalue weighted by Gasteiger charge is 2.57. The molecule has 0 saturated carbocycles. The summed E-state index contributed by atoms with van der Waals surface area (Å²) in [5.74, 6) is 0.366. The van der Waals surface area contributed by atoms with Crippen LogP contribution in [-0.2, 0) is 16.8 Å².